The lowest BCUT2D eigenvalue weighted by molar-refractivity contribution is -0.137. The van der Waals surface area contributed by atoms with E-state index in [9.17, 15) is 27.5 Å². The van der Waals surface area contributed by atoms with Gasteiger partial charge in [-0.3, -0.25) is 9.78 Å². The Morgan fingerprint density at radius 3 is 2.22 bits per heavy atom. The summed E-state index contributed by atoms with van der Waals surface area (Å²) in [6.07, 6.45) is -0.970. The van der Waals surface area contributed by atoms with Crippen LogP contribution < -0.4 is 0 Å². The highest BCUT2D eigenvalue weighted by atomic mass is 19.4. The third-order valence-corrected chi connectivity index (χ3v) is 7.64. The molecule has 188 valence electrons. The van der Waals surface area contributed by atoms with Gasteiger partial charge in [-0.2, -0.15) is 13.2 Å². The summed E-state index contributed by atoms with van der Waals surface area (Å²) in [6, 6.07) is 9.85. The number of hydrogen-bond donors (Lipinski definition) is 1. The van der Waals surface area contributed by atoms with Crippen molar-refractivity contribution in [3.8, 4) is 11.1 Å². The number of nitrogens with zero attached hydrogens (tertiary/aromatic N) is 1. The first-order chi connectivity index (χ1) is 17.0. The van der Waals surface area contributed by atoms with Gasteiger partial charge in [0.15, 0.2) is 5.78 Å². The van der Waals surface area contributed by atoms with Crippen molar-refractivity contribution in [3.05, 3.63) is 88.0 Å². The number of carbonyl (C=O) groups is 1. The van der Waals surface area contributed by atoms with Crippen LogP contribution in [0.15, 0.2) is 48.5 Å². The third-order valence-electron chi connectivity index (χ3n) is 7.64. The Labute approximate surface area is 207 Å². The Kier molecular flexibility index (Phi) is 6.02. The first kappa shape index (κ1) is 24.6. The fourth-order valence-electron chi connectivity index (χ4n) is 5.68. The molecule has 0 bridgehead atoms. The summed E-state index contributed by atoms with van der Waals surface area (Å²) in [5.41, 5.74) is 2.42. The minimum atomic E-state index is -4.51. The van der Waals surface area contributed by atoms with Gasteiger partial charge in [0.25, 0.3) is 0 Å². The maximum Gasteiger partial charge on any atom is 0.416 e. The van der Waals surface area contributed by atoms with Crippen molar-refractivity contribution in [1.29, 1.82) is 0 Å². The number of pyridine rings is 1. The summed E-state index contributed by atoms with van der Waals surface area (Å²) in [5, 5.41) is 11.3. The van der Waals surface area contributed by atoms with Crippen LogP contribution in [0.1, 0.15) is 90.0 Å². The molecule has 36 heavy (non-hydrogen) atoms. The number of aromatic nitrogens is 1. The molecule has 0 saturated heterocycles. The van der Waals surface area contributed by atoms with Crippen molar-refractivity contribution < 1.29 is 27.5 Å². The lowest BCUT2D eigenvalue weighted by Crippen LogP contribution is -2.38. The van der Waals surface area contributed by atoms with Gasteiger partial charge in [0.2, 0.25) is 0 Å². The summed E-state index contributed by atoms with van der Waals surface area (Å²) >= 11 is 0. The Hall–Kier alpha value is -3.06. The van der Waals surface area contributed by atoms with E-state index < -0.39 is 29.4 Å². The lowest BCUT2D eigenvalue weighted by Gasteiger charge is -2.47. The molecule has 0 aliphatic heterocycles. The molecule has 1 spiro atoms. The summed E-state index contributed by atoms with van der Waals surface area (Å²) in [5.74, 6) is -1.08. The number of ketones is 1. The number of alkyl halides is 3. The second-order valence-electron chi connectivity index (χ2n) is 10.4. The molecule has 1 saturated carbocycles. The van der Waals surface area contributed by atoms with E-state index in [0.29, 0.717) is 35.2 Å². The van der Waals surface area contributed by atoms with Crippen molar-refractivity contribution in [2.45, 2.75) is 64.1 Å². The predicted molar refractivity (Wildman–Crippen MR) is 128 cm³/mol. The zero-order valence-corrected chi connectivity index (χ0v) is 20.1. The van der Waals surface area contributed by atoms with E-state index in [1.54, 1.807) is 12.1 Å². The molecule has 7 heteroatoms. The molecule has 3 nitrogen and oxygen atoms in total. The number of fused-ring (bicyclic) bond motifs is 1. The Morgan fingerprint density at radius 1 is 1.06 bits per heavy atom. The van der Waals surface area contributed by atoms with Gasteiger partial charge in [0, 0.05) is 22.4 Å². The monoisotopic (exact) mass is 497 g/mol. The van der Waals surface area contributed by atoms with Gasteiger partial charge >= 0.3 is 6.18 Å². The van der Waals surface area contributed by atoms with E-state index in [4.69, 9.17) is 4.98 Å². The maximum absolute atomic E-state index is 13.9. The second-order valence-corrected chi connectivity index (χ2v) is 10.4. The van der Waals surface area contributed by atoms with Crippen molar-refractivity contribution in [1.82, 2.24) is 4.98 Å². The summed E-state index contributed by atoms with van der Waals surface area (Å²) in [7, 11) is 0. The molecule has 5 rings (SSSR count). The zero-order valence-electron chi connectivity index (χ0n) is 20.1. The summed E-state index contributed by atoms with van der Waals surface area (Å²) in [6.45, 7) is 3.82. The van der Waals surface area contributed by atoms with Crippen LogP contribution in [0.4, 0.5) is 17.6 Å². The quantitative estimate of drug-likeness (QED) is 0.302. The number of halogens is 4. The van der Waals surface area contributed by atoms with E-state index in [1.165, 1.54) is 24.3 Å². The van der Waals surface area contributed by atoms with E-state index in [0.717, 1.165) is 37.1 Å². The Balaban J connectivity index is 1.74. The van der Waals surface area contributed by atoms with Gasteiger partial charge in [-0.25, -0.2) is 4.39 Å². The van der Waals surface area contributed by atoms with Gasteiger partial charge in [-0.05, 0) is 66.8 Å². The Bertz CT molecular complexity index is 1310. The van der Waals surface area contributed by atoms with Gasteiger partial charge in [0.1, 0.15) is 5.82 Å². The number of benzene rings is 2. The van der Waals surface area contributed by atoms with E-state index in [-0.39, 0.29) is 22.5 Å². The van der Waals surface area contributed by atoms with E-state index in [1.807, 2.05) is 13.8 Å². The standard InChI is InChI=1S/C29H27F4NO2/c1-16(2)26-25(27(36)18-4-8-19(9-5-18)29(31,32)33)23(17-6-10-20(30)11-7-17)24-21(34-26)14-28(12-3-13-28)15-22(24)35/h4-11,16,22,35H,3,12-15H2,1-2H3/t22-/m0/s1. The molecular weight excluding hydrogens is 470 g/mol. The van der Waals surface area contributed by atoms with Crippen LogP contribution in [-0.4, -0.2) is 15.9 Å². The van der Waals surface area contributed by atoms with Crippen LogP contribution in [0, 0.1) is 11.2 Å². The largest absolute Gasteiger partial charge is 0.416 e. The Morgan fingerprint density at radius 2 is 1.69 bits per heavy atom. The molecule has 2 aliphatic rings. The maximum atomic E-state index is 13.9. The zero-order chi connectivity index (χ0) is 25.8. The van der Waals surface area contributed by atoms with Crippen LogP contribution in [0.5, 0.6) is 0 Å². The highest BCUT2D eigenvalue weighted by molar-refractivity contribution is 6.14. The fourth-order valence-corrected chi connectivity index (χ4v) is 5.68. The topological polar surface area (TPSA) is 50.2 Å². The highest BCUT2D eigenvalue weighted by Crippen LogP contribution is 2.55. The first-order valence-electron chi connectivity index (χ1n) is 12.2. The normalized spacial score (nSPS) is 18.7. The average molecular weight is 498 g/mol. The molecule has 3 aromatic rings. The molecule has 1 atom stereocenters. The molecule has 1 aromatic heterocycles. The van der Waals surface area contributed by atoms with Crippen molar-refractivity contribution in [2.24, 2.45) is 5.41 Å². The van der Waals surface area contributed by atoms with Crippen LogP contribution >= 0.6 is 0 Å². The minimum absolute atomic E-state index is 0.00663. The second kappa shape index (κ2) is 8.80. The smallest absolute Gasteiger partial charge is 0.388 e. The molecule has 1 fully saturated rings. The molecule has 2 aromatic carbocycles. The highest BCUT2D eigenvalue weighted by Gasteiger charge is 2.45. The number of hydrogen-bond acceptors (Lipinski definition) is 3. The van der Waals surface area contributed by atoms with Crippen molar-refractivity contribution in [2.75, 3.05) is 0 Å². The number of aliphatic hydroxyl groups is 1. The van der Waals surface area contributed by atoms with Crippen LogP contribution in [0.3, 0.4) is 0 Å². The van der Waals surface area contributed by atoms with Crippen molar-refractivity contribution >= 4 is 5.78 Å². The predicted octanol–water partition coefficient (Wildman–Crippen LogP) is 7.41. The van der Waals surface area contributed by atoms with E-state index in [2.05, 4.69) is 0 Å². The SMILES string of the molecule is CC(C)c1nc2c(c(-c3ccc(F)cc3)c1C(=O)c1ccc(C(F)(F)F)cc1)[C@@H](O)CC1(CCC1)C2. The summed E-state index contributed by atoms with van der Waals surface area (Å²) in [4.78, 5) is 18.8. The van der Waals surface area contributed by atoms with Crippen LogP contribution in [0.25, 0.3) is 11.1 Å². The van der Waals surface area contributed by atoms with Crippen LogP contribution in [0.2, 0.25) is 0 Å². The van der Waals surface area contributed by atoms with Gasteiger partial charge in [0.05, 0.1) is 22.9 Å². The molecule has 2 aliphatic carbocycles. The molecular formula is C29H27F4NO2. The molecule has 0 amide bonds. The van der Waals surface area contributed by atoms with E-state index >= 15 is 0 Å². The van der Waals surface area contributed by atoms with Gasteiger partial charge < -0.3 is 5.11 Å². The summed E-state index contributed by atoms with van der Waals surface area (Å²) < 4.78 is 53.1. The third kappa shape index (κ3) is 4.23. The molecule has 1 N–H and O–H groups in total. The lowest BCUT2D eigenvalue weighted by atomic mass is 9.59. The average Bonchev–Trinajstić information content (AvgIpc) is 2.81. The number of carbonyl (C=O) groups excluding carboxylic acids is 1. The van der Waals surface area contributed by atoms with Gasteiger partial charge in [-0.1, -0.05) is 44.5 Å². The van der Waals surface area contributed by atoms with Crippen molar-refractivity contribution in [3.63, 3.8) is 0 Å². The van der Waals surface area contributed by atoms with Gasteiger partial charge in [-0.15, -0.1) is 0 Å². The fraction of sp³-hybridized carbons (Fsp3) is 0.379. The molecule has 1 heterocycles. The molecule has 0 radical (unpaired) electrons. The number of aliphatic hydroxyl groups excluding tert-OH is 1. The minimum Gasteiger partial charge on any atom is -0.388 e. The number of rotatable bonds is 4. The van der Waals surface area contributed by atoms with Crippen LogP contribution in [-0.2, 0) is 12.6 Å². The first-order valence-corrected chi connectivity index (χ1v) is 12.2. The molecule has 0 unspecified atom stereocenters.